The van der Waals surface area contributed by atoms with Gasteiger partial charge in [0.1, 0.15) is 0 Å². The molecule has 0 saturated carbocycles. The zero-order valence-electron chi connectivity index (χ0n) is 11.1. The molecule has 6 heteroatoms. The topological polar surface area (TPSA) is 87.0 Å². The van der Waals surface area contributed by atoms with Crippen LogP contribution in [0.4, 0.5) is 5.69 Å². The second-order valence-electron chi connectivity index (χ2n) is 5.07. The van der Waals surface area contributed by atoms with E-state index in [0.717, 1.165) is 32.6 Å². The van der Waals surface area contributed by atoms with E-state index in [4.69, 9.17) is 4.74 Å². The van der Waals surface area contributed by atoms with Crippen LogP contribution < -0.4 is 16.4 Å². The molecular formula is C14H17N3O3. The third-order valence-electron chi connectivity index (χ3n) is 3.75. The minimum atomic E-state index is -0.283. The van der Waals surface area contributed by atoms with Crippen molar-refractivity contribution in [1.29, 1.82) is 0 Å². The fraction of sp³-hybridized carbons (Fsp3) is 0.429. The number of anilines is 1. The number of ether oxygens (including phenoxy) is 1. The fourth-order valence-corrected chi connectivity index (χ4v) is 2.58. The SMILES string of the molecule is O=c1[nH][nH]c(=O)c2c(NCC3CCOCC3)cccc12. The average molecular weight is 275 g/mol. The molecule has 2 aromatic rings. The molecule has 1 aliphatic heterocycles. The minimum Gasteiger partial charge on any atom is -0.384 e. The number of benzene rings is 1. The van der Waals surface area contributed by atoms with E-state index < -0.39 is 0 Å². The van der Waals surface area contributed by atoms with Crippen LogP contribution in [0.15, 0.2) is 27.8 Å². The molecule has 0 atom stereocenters. The van der Waals surface area contributed by atoms with Gasteiger partial charge >= 0.3 is 0 Å². The van der Waals surface area contributed by atoms with E-state index in [1.807, 2.05) is 6.07 Å². The highest BCUT2D eigenvalue weighted by atomic mass is 16.5. The first-order chi connectivity index (χ1) is 9.75. The van der Waals surface area contributed by atoms with Gasteiger partial charge in [-0.05, 0) is 30.9 Å². The van der Waals surface area contributed by atoms with Crippen LogP contribution in [0.1, 0.15) is 12.8 Å². The molecular weight excluding hydrogens is 258 g/mol. The first-order valence-corrected chi connectivity index (χ1v) is 6.81. The van der Waals surface area contributed by atoms with Crippen molar-refractivity contribution in [2.75, 3.05) is 25.1 Å². The zero-order valence-corrected chi connectivity index (χ0v) is 11.1. The summed E-state index contributed by atoms with van der Waals surface area (Å²) in [5.41, 5.74) is 0.144. The Balaban J connectivity index is 1.89. The lowest BCUT2D eigenvalue weighted by atomic mass is 10.00. The van der Waals surface area contributed by atoms with E-state index in [1.54, 1.807) is 12.1 Å². The fourth-order valence-electron chi connectivity index (χ4n) is 2.58. The van der Waals surface area contributed by atoms with Crippen molar-refractivity contribution in [3.63, 3.8) is 0 Å². The normalized spacial score (nSPS) is 16.4. The van der Waals surface area contributed by atoms with E-state index in [1.165, 1.54) is 0 Å². The highest BCUT2D eigenvalue weighted by Gasteiger charge is 2.14. The summed E-state index contributed by atoms with van der Waals surface area (Å²) in [6, 6.07) is 5.27. The lowest BCUT2D eigenvalue weighted by molar-refractivity contribution is 0.0699. The van der Waals surface area contributed by atoms with Gasteiger partial charge in [0.05, 0.1) is 10.8 Å². The number of rotatable bonds is 3. The number of H-pyrrole nitrogens is 2. The molecule has 1 aromatic carbocycles. The third kappa shape index (κ3) is 2.46. The van der Waals surface area contributed by atoms with Gasteiger partial charge in [-0.3, -0.25) is 19.8 Å². The van der Waals surface area contributed by atoms with Crippen LogP contribution in [0.2, 0.25) is 0 Å². The van der Waals surface area contributed by atoms with Gasteiger partial charge in [0.25, 0.3) is 11.1 Å². The monoisotopic (exact) mass is 275 g/mol. The number of hydrogen-bond donors (Lipinski definition) is 3. The minimum absolute atomic E-state index is 0.283. The second-order valence-corrected chi connectivity index (χ2v) is 5.07. The molecule has 20 heavy (non-hydrogen) atoms. The molecule has 1 saturated heterocycles. The molecule has 106 valence electrons. The summed E-state index contributed by atoms with van der Waals surface area (Å²) in [7, 11) is 0. The standard InChI is InChI=1S/C14H17N3O3/c18-13-10-2-1-3-11(12(10)14(19)17-16-13)15-8-9-4-6-20-7-5-9/h1-3,9,15H,4-8H2,(H,16,18)(H,17,19). The van der Waals surface area contributed by atoms with Crippen LogP contribution in [-0.2, 0) is 4.74 Å². The Labute approximate surface area is 115 Å². The molecule has 3 rings (SSSR count). The van der Waals surface area contributed by atoms with E-state index in [2.05, 4.69) is 15.5 Å². The zero-order chi connectivity index (χ0) is 13.9. The molecule has 0 aliphatic carbocycles. The molecule has 0 radical (unpaired) electrons. The first kappa shape index (κ1) is 12.9. The van der Waals surface area contributed by atoms with Gasteiger partial charge in [-0.1, -0.05) is 6.07 Å². The Hall–Kier alpha value is -2.08. The number of fused-ring (bicyclic) bond motifs is 1. The lowest BCUT2D eigenvalue weighted by Gasteiger charge is -2.22. The van der Waals surface area contributed by atoms with E-state index in [0.29, 0.717) is 22.4 Å². The van der Waals surface area contributed by atoms with Crippen LogP contribution in [0.3, 0.4) is 0 Å². The Morgan fingerprint density at radius 2 is 1.90 bits per heavy atom. The predicted molar refractivity (Wildman–Crippen MR) is 77.2 cm³/mol. The lowest BCUT2D eigenvalue weighted by Crippen LogP contribution is -2.24. The molecule has 0 bridgehead atoms. The summed E-state index contributed by atoms with van der Waals surface area (Å²) in [6.45, 7) is 2.37. The summed E-state index contributed by atoms with van der Waals surface area (Å²) in [5.74, 6) is 0.542. The summed E-state index contributed by atoms with van der Waals surface area (Å²) in [4.78, 5) is 23.6. The molecule has 1 fully saturated rings. The van der Waals surface area contributed by atoms with Gasteiger partial charge < -0.3 is 10.1 Å². The van der Waals surface area contributed by atoms with Crippen LogP contribution in [0, 0.1) is 5.92 Å². The second kappa shape index (κ2) is 5.50. The highest BCUT2D eigenvalue weighted by Crippen LogP contribution is 2.20. The molecule has 1 aromatic heterocycles. The molecule has 0 amide bonds. The van der Waals surface area contributed by atoms with Gasteiger partial charge in [-0.25, -0.2) is 0 Å². The summed E-state index contributed by atoms with van der Waals surface area (Å²) >= 11 is 0. The molecule has 3 N–H and O–H groups in total. The van der Waals surface area contributed by atoms with E-state index >= 15 is 0 Å². The first-order valence-electron chi connectivity index (χ1n) is 6.81. The quantitative estimate of drug-likeness (QED) is 0.781. The van der Waals surface area contributed by atoms with Crippen molar-refractivity contribution >= 4 is 16.5 Å². The maximum atomic E-state index is 11.9. The third-order valence-corrected chi connectivity index (χ3v) is 3.75. The summed E-state index contributed by atoms with van der Waals surface area (Å²) in [6.07, 6.45) is 2.05. The van der Waals surface area contributed by atoms with Crippen LogP contribution >= 0.6 is 0 Å². The van der Waals surface area contributed by atoms with Crippen molar-refractivity contribution in [1.82, 2.24) is 10.2 Å². The molecule has 2 heterocycles. The maximum Gasteiger partial charge on any atom is 0.272 e. The number of aromatic amines is 2. The Kier molecular flexibility index (Phi) is 3.56. The Bertz CT molecular complexity index is 713. The Morgan fingerprint density at radius 1 is 1.15 bits per heavy atom. The predicted octanol–water partition coefficient (Wildman–Crippen LogP) is 1.05. The molecule has 0 unspecified atom stereocenters. The van der Waals surface area contributed by atoms with Crippen molar-refractivity contribution < 1.29 is 4.74 Å². The van der Waals surface area contributed by atoms with Crippen LogP contribution in [-0.4, -0.2) is 30.0 Å². The smallest absolute Gasteiger partial charge is 0.272 e. The van der Waals surface area contributed by atoms with Crippen molar-refractivity contribution in [2.24, 2.45) is 5.92 Å². The van der Waals surface area contributed by atoms with Crippen molar-refractivity contribution in [2.45, 2.75) is 12.8 Å². The number of nitrogens with one attached hydrogen (secondary N) is 3. The van der Waals surface area contributed by atoms with Crippen molar-refractivity contribution in [3.05, 3.63) is 38.9 Å². The van der Waals surface area contributed by atoms with Crippen molar-refractivity contribution in [3.8, 4) is 0 Å². The van der Waals surface area contributed by atoms with Gasteiger partial charge in [0, 0.05) is 25.4 Å². The number of aromatic nitrogens is 2. The average Bonchev–Trinajstić information content (AvgIpc) is 2.50. The van der Waals surface area contributed by atoms with Crippen LogP contribution in [0.5, 0.6) is 0 Å². The van der Waals surface area contributed by atoms with Gasteiger partial charge in [-0.2, -0.15) is 0 Å². The largest absolute Gasteiger partial charge is 0.384 e. The van der Waals surface area contributed by atoms with Crippen LogP contribution in [0.25, 0.3) is 10.8 Å². The van der Waals surface area contributed by atoms with Gasteiger partial charge in [0.2, 0.25) is 0 Å². The summed E-state index contributed by atoms with van der Waals surface area (Å²) in [5, 5.41) is 8.83. The molecule has 6 nitrogen and oxygen atoms in total. The molecule has 0 spiro atoms. The molecule has 1 aliphatic rings. The number of hydrogen-bond acceptors (Lipinski definition) is 4. The Morgan fingerprint density at radius 3 is 2.70 bits per heavy atom. The maximum absolute atomic E-state index is 11.9. The highest BCUT2D eigenvalue weighted by molar-refractivity contribution is 5.92. The van der Waals surface area contributed by atoms with Gasteiger partial charge in [-0.15, -0.1) is 0 Å². The van der Waals surface area contributed by atoms with E-state index in [9.17, 15) is 9.59 Å². The van der Waals surface area contributed by atoms with E-state index in [-0.39, 0.29) is 11.1 Å². The van der Waals surface area contributed by atoms with Gasteiger partial charge in [0.15, 0.2) is 0 Å². The summed E-state index contributed by atoms with van der Waals surface area (Å²) < 4.78 is 5.33.